The summed E-state index contributed by atoms with van der Waals surface area (Å²) in [7, 11) is 0. The fourth-order valence-electron chi connectivity index (χ4n) is 5.76. The molecule has 4 aromatic rings. The molecule has 3 aromatic carbocycles. The van der Waals surface area contributed by atoms with Crippen LogP contribution in [0.2, 0.25) is 0 Å². The minimum Gasteiger partial charge on any atom is -0.508 e. The number of anilines is 1. The smallest absolute Gasteiger partial charge is 0.319 e. The molecular formula is C30H33FN4O3. The zero-order chi connectivity index (χ0) is 26.4. The zero-order valence-corrected chi connectivity index (χ0v) is 21.7. The molecule has 0 aliphatic carbocycles. The summed E-state index contributed by atoms with van der Waals surface area (Å²) in [6.45, 7) is 5.85. The van der Waals surface area contributed by atoms with Crippen LogP contribution in [0.5, 0.6) is 11.8 Å². The Morgan fingerprint density at radius 1 is 1.03 bits per heavy atom. The van der Waals surface area contributed by atoms with Gasteiger partial charge >= 0.3 is 6.01 Å². The molecule has 0 amide bonds. The highest BCUT2D eigenvalue weighted by Crippen LogP contribution is 2.39. The molecule has 1 aromatic heterocycles. The van der Waals surface area contributed by atoms with E-state index in [1.165, 1.54) is 0 Å². The predicted molar refractivity (Wildman–Crippen MR) is 147 cm³/mol. The van der Waals surface area contributed by atoms with Crippen LogP contribution in [0.4, 0.5) is 10.2 Å². The molecular weight excluding hydrogens is 483 g/mol. The van der Waals surface area contributed by atoms with Gasteiger partial charge in [-0.25, -0.2) is 4.39 Å². The lowest BCUT2D eigenvalue weighted by Crippen LogP contribution is -2.51. The van der Waals surface area contributed by atoms with E-state index in [1.54, 1.807) is 18.2 Å². The van der Waals surface area contributed by atoms with Gasteiger partial charge in [0.15, 0.2) is 5.82 Å². The molecule has 198 valence electrons. The number of hydrogen-bond acceptors (Lipinski definition) is 7. The molecule has 3 heterocycles. The summed E-state index contributed by atoms with van der Waals surface area (Å²) in [6, 6.07) is 15.4. The number of phenols is 1. The number of aromatic hydroxyl groups is 1. The van der Waals surface area contributed by atoms with Gasteiger partial charge in [-0.15, -0.1) is 0 Å². The Morgan fingerprint density at radius 3 is 2.53 bits per heavy atom. The monoisotopic (exact) mass is 516 g/mol. The first kappa shape index (κ1) is 24.8. The number of halogens is 1. The van der Waals surface area contributed by atoms with E-state index in [2.05, 4.69) is 15.2 Å². The van der Waals surface area contributed by atoms with Crippen LogP contribution in [0.25, 0.3) is 32.8 Å². The molecule has 2 fully saturated rings. The first-order valence-corrected chi connectivity index (χ1v) is 13.4. The molecule has 2 saturated heterocycles. The third-order valence-corrected chi connectivity index (χ3v) is 8.02. The summed E-state index contributed by atoms with van der Waals surface area (Å²) in [5.41, 5.74) is 1.14. The van der Waals surface area contributed by atoms with Crippen molar-refractivity contribution >= 4 is 27.5 Å². The van der Waals surface area contributed by atoms with E-state index in [4.69, 9.17) is 9.72 Å². The second-order valence-electron chi connectivity index (χ2n) is 10.9. The van der Waals surface area contributed by atoms with Crippen molar-refractivity contribution in [1.82, 2.24) is 15.3 Å². The molecule has 2 bridgehead atoms. The second-order valence-corrected chi connectivity index (χ2v) is 10.9. The van der Waals surface area contributed by atoms with Gasteiger partial charge < -0.3 is 25.2 Å². The Kier molecular flexibility index (Phi) is 6.53. The molecule has 2 aliphatic rings. The summed E-state index contributed by atoms with van der Waals surface area (Å²) in [5, 5.41) is 26.1. The highest BCUT2D eigenvalue weighted by molar-refractivity contribution is 6.01. The molecule has 2 aliphatic heterocycles. The van der Waals surface area contributed by atoms with E-state index in [1.807, 2.05) is 44.2 Å². The number of benzene rings is 3. The Hall–Kier alpha value is -3.49. The number of phenolic OH excluding ortho intramolecular Hbond substituents is 1. The Bertz CT molecular complexity index is 1480. The molecule has 3 atom stereocenters. The third-order valence-electron chi connectivity index (χ3n) is 8.02. The van der Waals surface area contributed by atoms with Crippen molar-refractivity contribution in [2.45, 2.75) is 38.8 Å². The fourth-order valence-corrected chi connectivity index (χ4v) is 5.76. The first-order chi connectivity index (χ1) is 18.4. The molecule has 0 saturated carbocycles. The van der Waals surface area contributed by atoms with Gasteiger partial charge in [-0.05, 0) is 53.3 Å². The molecule has 3 unspecified atom stereocenters. The van der Waals surface area contributed by atoms with Gasteiger partial charge in [0.1, 0.15) is 17.1 Å². The number of nitrogens with one attached hydrogen (secondary N) is 1. The average molecular weight is 517 g/mol. The molecule has 7 nitrogen and oxygen atoms in total. The maximum absolute atomic E-state index is 16.4. The summed E-state index contributed by atoms with van der Waals surface area (Å²) < 4.78 is 22.4. The lowest BCUT2D eigenvalue weighted by molar-refractivity contribution is 0.124. The van der Waals surface area contributed by atoms with Gasteiger partial charge in [0.05, 0.1) is 6.61 Å². The van der Waals surface area contributed by atoms with Crippen LogP contribution in [0.15, 0.2) is 48.5 Å². The number of aliphatic hydroxyl groups excluding tert-OH is 1. The van der Waals surface area contributed by atoms with E-state index >= 15 is 4.39 Å². The number of hydrogen-bond donors (Lipinski definition) is 3. The average Bonchev–Trinajstić information content (AvgIpc) is 3.25. The topological polar surface area (TPSA) is 90.7 Å². The molecule has 38 heavy (non-hydrogen) atoms. The second kappa shape index (κ2) is 10.0. The van der Waals surface area contributed by atoms with Crippen molar-refractivity contribution in [3.05, 3.63) is 54.3 Å². The van der Waals surface area contributed by atoms with Crippen molar-refractivity contribution in [3.8, 4) is 22.9 Å². The number of ether oxygens (including phenoxy) is 1. The lowest BCUT2D eigenvalue weighted by atomic mass is 9.96. The Labute approximate surface area is 221 Å². The van der Waals surface area contributed by atoms with Crippen LogP contribution in [-0.2, 0) is 0 Å². The van der Waals surface area contributed by atoms with Crippen LogP contribution in [-0.4, -0.2) is 58.6 Å². The largest absolute Gasteiger partial charge is 0.508 e. The Morgan fingerprint density at radius 2 is 1.79 bits per heavy atom. The standard InChI is InChI=1S/C30H33FN4O3/c1-17(2)19(15-36)16-38-30-33-28-25(29(34-30)35-13-20-7-8-21(14-35)32-20)10-9-24(27(28)31)26-12-22(37)11-18-5-3-4-6-23(18)26/h3-6,9-12,17,19-21,32,36-37H,7-8,13-16H2,1-2H3. The van der Waals surface area contributed by atoms with E-state index in [-0.39, 0.29) is 42.3 Å². The van der Waals surface area contributed by atoms with E-state index in [0.29, 0.717) is 34.4 Å². The number of piperazine rings is 1. The van der Waals surface area contributed by atoms with Gasteiger partial charge in [-0.2, -0.15) is 9.97 Å². The quantitative estimate of drug-likeness (QED) is 0.323. The van der Waals surface area contributed by atoms with Crippen LogP contribution in [0.1, 0.15) is 26.7 Å². The molecule has 8 heteroatoms. The van der Waals surface area contributed by atoms with Crippen LogP contribution in [0.3, 0.4) is 0 Å². The molecule has 3 N–H and O–H groups in total. The Balaban J connectivity index is 1.49. The van der Waals surface area contributed by atoms with Crippen molar-refractivity contribution in [2.24, 2.45) is 11.8 Å². The lowest BCUT2D eigenvalue weighted by Gasteiger charge is -2.34. The summed E-state index contributed by atoms with van der Waals surface area (Å²) >= 11 is 0. The SMILES string of the molecule is CC(C)C(CO)COc1nc(N2CC3CCC(C2)N3)c2ccc(-c3cc(O)cc4ccccc34)c(F)c2n1. The summed E-state index contributed by atoms with van der Waals surface area (Å²) in [6.07, 6.45) is 2.23. The van der Waals surface area contributed by atoms with Crippen LogP contribution >= 0.6 is 0 Å². The highest BCUT2D eigenvalue weighted by atomic mass is 19.1. The minimum absolute atomic E-state index is 0.0116. The van der Waals surface area contributed by atoms with Crippen molar-refractivity contribution in [3.63, 3.8) is 0 Å². The molecule has 0 spiro atoms. The van der Waals surface area contributed by atoms with Crippen molar-refractivity contribution < 1.29 is 19.3 Å². The predicted octanol–water partition coefficient (Wildman–Crippen LogP) is 4.88. The van der Waals surface area contributed by atoms with E-state index in [0.717, 1.165) is 36.7 Å². The van der Waals surface area contributed by atoms with Crippen LogP contribution in [0, 0.1) is 17.7 Å². The fraction of sp³-hybridized carbons (Fsp3) is 0.400. The normalized spacial score (nSPS) is 20.0. The highest BCUT2D eigenvalue weighted by Gasteiger charge is 2.34. The number of aliphatic hydroxyl groups is 1. The van der Waals surface area contributed by atoms with Gasteiger partial charge in [0.2, 0.25) is 0 Å². The summed E-state index contributed by atoms with van der Waals surface area (Å²) in [5.74, 6) is 0.395. The number of nitrogens with zero attached hydrogens (tertiary/aromatic N) is 3. The maximum atomic E-state index is 16.4. The number of fused-ring (bicyclic) bond motifs is 4. The van der Waals surface area contributed by atoms with Crippen LogP contribution < -0.4 is 15.0 Å². The molecule has 0 radical (unpaired) electrons. The van der Waals surface area contributed by atoms with Gasteiger partial charge in [-0.1, -0.05) is 44.2 Å². The first-order valence-electron chi connectivity index (χ1n) is 13.4. The summed E-state index contributed by atoms with van der Waals surface area (Å²) in [4.78, 5) is 11.5. The van der Waals surface area contributed by atoms with Gasteiger partial charge in [0, 0.05) is 48.6 Å². The van der Waals surface area contributed by atoms with E-state index < -0.39 is 5.82 Å². The molecule has 6 rings (SSSR count). The van der Waals surface area contributed by atoms with Crippen molar-refractivity contribution in [1.29, 1.82) is 0 Å². The minimum atomic E-state index is -0.479. The number of rotatable bonds is 7. The number of aromatic nitrogens is 2. The van der Waals surface area contributed by atoms with E-state index in [9.17, 15) is 10.2 Å². The van der Waals surface area contributed by atoms with Gasteiger partial charge in [-0.3, -0.25) is 0 Å². The zero-order valence-electron chi connectivity index (χ0n) is 21.7. The maximum Gasteiger partial charge on any atom is 0.319 e. The van der Waals surface area contributed by atoms with Gasteiger partial charge in [0.25, 0.3) is 0 Å². The third kappa shape index (κ3) is 4.52. The van der Waals surface area contributed by atoms with Crippen molar-refractivity contribution in [2.75, 3.05) is 31.2 Å².